The van der Waals surface area contributed by atoms with E-state index in [1.807, 2.05) is 84.9 Å². The summed E-state index contributed by atoms with van der Waals surface area (Å²) in [5.74, 6) is 1.80. The summed E-state index contributed by atoms with van der Waals surface area (Å²) in [6.07, 6.45) is 0. The van der Waals surface area contributed by atoms with Crippen molar-refractivity contribution in [1.29, 1.82) is 5.26 Å². The van der Waals surface area contributed by atoms with Crippen LogP contribution in [-0.4, -0.2) is 19.5 Å². The smallest absolute Gasteiger partial charge is 0.164 e. The van der Waals surface area contributed by atoms with Crippen molar-refractivity contribution in [2.45, 2.75) is 6.92 Å². The molecule has 8 aromatic rings. The van der Waals surface area contributed by atoms with Gasteiger partial charge in [0.1, 0.15) is 0 Å². The van der Waals surface area contributed by atoms with Crippen LogP contribution in [0.1, 0.15) is 11.1 Å². The Bertz CT molecular complexity index is 2360. The van der Waals surface area contributed by atoms with Gasteiger partial charge >= 0.3 is 0 Å². The summed E-state index contributed by atoms with van der Waals surface area (Å²) in [4.78, 5) is 15.0. The first-order valence-corrected chi connectivity index (χ1v) is 15.2. The van der Waals surface area contributed by atoms with E-state index in [4.69, 9.17) is 15.0 Å². The highest BCUT2D eigenvalue weighted by atomic mass is 15.0. The Labute approximate surface area is 266 Å². The molecule has 216 valence electrons. The van der Waals surface area contributed by atoms with Crippen LogP contribution in [-0.2, 0) is 0 Å². The summed E-state index contributed by atoms with van der Waals surface area (Å²) in [5.41, 5.74) is 9.78. The summed E-state index contributed by atoms with van der Waals surface area (Å²) in [5, 5.41) is 11.9. The topological polar surface area (TPSA) is 67.4 Å². The number of hydrogen-bond donors (Lipinski definition) is 0. The molecule has 5 nitrogen and oxygen atoms in total. The number of fused-ring (bicyclic) bond motifs is 3. The quantitative estimate of drug-likeness (QED) is 0.200. The molecule has 0 amide bonds. The molecule has 0 saturated carbocycles. The van der Waals surface area contributed by atoms with Gasteiger partial charge in [0, 0.05) is 33.2 Å². The maximum absolute atomic E-state index is 9.52. The fraction of sp³-hybridized carbons (Fsp3) is 0.0244. The fourth-order valence-electron chi connectivity index (χ4n) is 6.12. The molecule has 2 heterocycles. The first-order valence-electron chi connectivity index (χ1n) is 15.2. The van der Waals surface area contributed by atoms with Gasteiger partial charge < -0.3 is 4.57 Å². The number of nitriles is 1. The molecular weight excluding hydrogens is 562 g/mol. The predicted molar refractivity (Wildman–Crippen MR) is 185 cm³/mol. The zero-order valence-corrected chi connectivity index (χ0v) is 25.1. The highest BCUT2D eigenvalue weighted by molar-refractivity contribution is 6.09. The van der Waals surface area contributed by atoms with Gasteiger partial charge in [-0.05, 0) is 66.6 Å². The number of aryl methyl sites for hydroxylation is 1. The molecule has 5 heteroatoms. The number of aromatic nitrogens is 4. The van der Waals surface area contributed by atoms with Crippen molar-refractivity contribution in [3.05, 3.63) is 157 Å². The molecule has 0 N–H and O–H groups in total. The molecule has 0 saturated heterocycles. The number of hydrogen-bond acceptors (Lipinski definition) is 4. The van der Waals surface area contributed by atoms with Crippen molar-refractivity contribution in [2.75, 3.05) is 0 Å². The highest BCUT2D eigenvalue weighted by Gasteiger charge is 2.19. The Morgan fingerprint density at radius 2 is 1.11 bits per heavy atom. The summed E-state index contributed by atoms with van der Waals surface area (Å²) < 4.78 is 2.32. The Kier molecular flexibility index (Phi) is 6.67. The molecule has 0 atom stereocenters. The summed E-state index contributed by atoms with van der Waals surface area (Å²) in [7, 11) is 0. The lowest BCUT2D eigenvalue weighted by Gasteiger charge is -2.15. The van der Waals surface area contributed by atoms with Crippen molar-refractivity contribution in [3.63, 3.8) is 0 Å². The predicted octanol–water partition coefficient (Wildman–Crippen LogP) is 9.82. The Balaban J connectivity index is 1.40. The van der Waals surface area contributed by atoms with E-state index in [1.165, 1.54) is 16.3 Å². The number of nitrogens with zero attached hydrogens (tertiary/aromatic N) is 5. The van der Waals surface area contributed by atoms with Crippen molar-refractivity contribution in [1.82, 2.24) is 19.5 Å². The molecule has 0 bridgehead atoms. The molecule has 0 unspecified atom stereocenters. The zero-order chi connectivity index (χ0) is 31.0. The third-order valence-corrected chi connectivity index (χ3v) is 8.35. The van der Waals surface area contributed by atoms with Gasteiger partial charge in [-0.25, -0.2) is 15.0 Å². The lowest BCUT2D eigenvalue weighted by Crippen LogP contribution is -2.02. The minimum absolute atomic E-state index is 0.580. The van der Waals surface area contributed by atoms with E-state index in [2.05, 4.69) is 78.2 Å². The van der Waals surface area contributed by atoms with E-state index >= 15 is 0 Å². The largest absolute Gasteiger partial charge is 0.309 e. The van der Waals surface area contributed by atoms with E-state index in [9.17, 15) is 5.26 Å². The second-order valence-electron chi connectivity index (χ2n) is 11.3. The molecule has 0 fully saturated rings. The van der Waals surface area contributed by atoms with E-state index in [-0.39, 0.29) is 0 Å². The van der Waals surface area contributed by atoms with Gasteiger partial charge in [0.2, 0.25) is 0 Å². The second kappa shape index (κ2) is 11.3. The van der Waals surface area contributed by atoms with Gasteiger partial charge in [-0.3, -0.25) is 0 Å². The average Bonchev–Trinajstić information content (AvgIpc) is 3.45. The van der Waals surface area contributed by atoms with Gasteiger partial charge in [-0.15, -0.1) is 0 Å². The normalized spacial score (nSPS) is 11.1. The molecule has 0 aliphatic heterocycles. The molecule has 0 aliphatic rings. The Morgan fingerprint density at radius 1 is 0.500 bits per heavy atom. The van der Waals surface area contributed by atoms with Crippen LogP contribution in [0, 0.1) is 18.3 Å². The third-order valence-electron chi connectivity index (χ3n) is 8.35. The van der Waals surface area contributed by atoms with Crippen molar-refractivity contribution in [3.8, 4) is 57.0 Å². The minimum atomic E-state index is 0.580. The maximum Gasteiger partial charge on any atom is 0.164 e. The number of benzene rings is 6. The Morgan fingerprint density at radius 3 is 1.78 bits per heavy atom. The zero-order valence-electron chi connectivity index (χ0n) is 25.1. The molecular formula is C41H27N5. The van der Waals surface area contributed by atoms with Crippen LogP contribution in [0.5, 0.6) is 0 Å². The number of para-hydroxylation sites is 1. The van der Waals surface area contributed by atoms with Gasteiger partial charge in [0.25, 0.3) is 0 Å². The molecule has 0 radical (unpaired) electrons. The first-order chi connectivity index (χ1) is 22.7. The lowest BCUT2D eigenvalue weighted by molar-refractivity contribution is 1.07. The standard InChI is InChI=1S/C41H27N5/c1-27-16-23-38-36(24-27)33-14-8-9-15-37(33)46(38)32-21-22-34(35(25-32)29-19-17-28(26-42)18-20-29)41-44-39(30-10-4-2-5-11-30)43-40(45-41)31-12-6-3-7-13-31/h2-25H,1H3. The summed E-state index contributed by atoms with van der Waals surface area (Å²) >= 11 is 0. The second-order valence-corrected chi connectivity index (χ2v) is 11.3. The molecule has 6 aromatic carbocycles. The average molecular weight is 590 g/mol. The van der Waals surface area contributed by atoms with Crippen molar-refractivity contribution in [2.24, 2.45) is 0 Å². The van der Waals surface area contributed by atoms with Crippen LogP contribution in [0.25, 0.3) is 72.8 Å². The van der Waals surface area contributed by atoms with Gasteiger partial charge in [-0.2, -0.15) is 5.26 Å². The summed E-state index contributed by atoms with van der Waals surface area (Å²) in [6, 6.07) is 51.5. The third kappa shape index (κ3) is 4.79. The van der Waals surface area contributed by atoms with Crippen LogP contribution in [0.3, 0.4) is 0 Å². The van der Waals surface area contributed by atoms with Crippen LogP contribution < -0.4 is 0 Å². The van der Waals surface area contributed by atoms with Crippen LogP contribution in [0.15, 0.2) is 146 Å². The molecule has 2 aromatic heterocycles. The monoisotopic (exact) mass is 589 g/mol. The van der Waals surface area contributed by atoms with E-state index < -0.39 is 0 Å². The lowest BCUT2D eigenvalue weighted by atomic mass is 9.97. The van der Waals surface area contributed by atoms with E-state index in [0.29, 0.717) is 23.0 Å². The van der Waals surface area contributed by atoms with E-state index in [1.54, 1.807) is 0 Å². The first kappa shape index (κ1) is 27.2. The van der Waals surface area contributed by atoms with E-state index in [0.717, 1.165) is 44.5 Å². The highest BCUT2D eigenvalue weighted by Crippen LogP contribution is 2.38. The van der Waals surface area contributed by atoms with Gasteiger partial charge in [-0.1, -0.05) is 103 Å². The fourth-order valence-corrected chi connectivity index (χ4v) is 6.12. The van der Waals surface area contributed by atoms with Gasteiger partial charge in [0.15, 0.2) is 17.5 Å². The van der Waals surface area contributed by atoms with Gasteiger partial charge in [0.05, 0.1) is 22.7 Å². The molecule has 46 heavy (non-hydrogen) atoms. The van der Waals surface area contributed by atoms with Crippen molar-refractivity contribution >= 4 is 21.8 Å². The van der Waals surface area contributed by atoms with Crippen molar-refractivity contribution < 1.29 is 0 Å². The number of rotatable bonds is 5. The summed E-state index contributed by atoms with van der Waals surface area (Å²) in [6.45, 7) is 2.13. The SMILES string of the molecule is Cc1ccc2c(c1)c1ccccc1n2-c1ccc(-c2nc(-c3ccccc3)nc(-c3ccccc3)n2)c(-c2ccc(C#N)cc2)c1. The minimum Gasteiger partial charge on any atom is -0.309 e. The van der Waals surface area contributed by atoms with Crippen LogP contribution in [0.2, 0.25) is 0 Å². The molecule has 8 rings (SSSR count). The maximum atomic E-state index is 9.52. The van der Waals surface area contributed by atoms with Crippen LogP contribution in [0.4, 0.5) is 0 Å². The van der Waals surface area contributed by atoms with Crippen LogP contribution >= 0.6 is 0 Å². The molecule has 0 spiro atoms. The molecule has 0 aliphatic carbocycles. The Hall–Kier alpha value is -6.38.